The Bertz CT molecular complexity index is 969. The van der Waals surface area contributed by atoms with Crippen LogP contribution in [0.3, 0.4) is 0 Å². The molecule has 6 nitrogen and oxygen atoms in total. The standard InChI is InChI=1S/C23H27ClN4O2/c1-17-21(22(24)28(26-17)16-18-8-5-4-6-9-18)23(29)25-19-10-12-20(13-11-19)30-15-7-14-27(2)3/h4-6,8-13H,7,14-16H2,1-3H3,(H,25,29). The lowest BCUT2D eigenvalue weighted by atomic mass is 10.2. The topological polar surface area (TPSA) is 59.4 Å². The van der Waals surface area contributed by atoms with Crippen LogP contribution < -0.4 is 10.1 Å². The molecule has 0 unspecified atom stereocenters. The van der Waals surface area contributed by atoms with Crippen molar-refractivity contribution in [3.05, 3.63) is 76.6 Å². The van der Waals surface area contributed by atoms with Crippen LogP contribution in [-0.4, -0.2) is 47.8 Å². The molecule has 158 valence electrons. The summed E-state index contributed by atoms with van der Waals surface area (Å²) in [5.41, 5.74) is 2.72. The van der Waals surface area contributed by atoms with E-state index in [-0.39, 0.29) is 5.91 Å². The molecule has 0 saturated carbocycles. The number of benzene rings is 2. The fourth-order valence-corrected chi connectivity index (χ4v) is 3.39. The number of hydrogen-bond acceptors (Lipinski definition) is 4. The van der Waals surface area contributed by atoms with Crippen molar-refractivity contribution in [2.75, 3.05) is 32.6 Å². The van der Waals surface area contributed by atoms with E-state index < -0.39 is 0 Å². The number of aryl methyl sites for hydroxylation is 1. The van der Waals surface area contributed by atoms with Gasteiger partial charge in [0.05, 0.1) is 24.4 Å². The minimum Gasteiger partial charge on any atom is -0.494 e. The van der Waals surface area contributed by atoms with E-state index in [1.807, 2.05) is 68.7 Å². The van der Waals surface area contributed by atoms with Crippen LogP contribution in [0.25, 0.3) is 0 Å². The summed E-state index contributed by atoms with van der Waals surface area (Å²) in [7, 11) is 4.08. The van der Waals surface area contributed by atoms with Crippen molar-refractivity contribution < 1.29 is 9.53 Å². The van der Waals surface area contributed by atoms with Crippen molar-refractivity contribution in [3.63, 3.8) is 0 Å². The fourth-order valence-electron chi connectivity index (χ4n) is 3.07. The van der Waals surface area contributed by atoms with Gasteiger partial charge in [-0.15, -0.1) is 0 Å². The minimum absolute atomic E-state index is 0.281. The van der Waals surface area contributed by atoms with Gasteiger partial charge in [0.1, 0.15) is 10.9 Å². The predicted molar refractivity (Wildman–Crippen MR) is 121 cm³/mol. The number of amides is 1. The van der Waals surface area contributed by atoms with Gasteiger partial charge in [0.2, 0.25) is 0 Å². The Morgan fingerprint density at radius 1 is 1.13 bits per heavy atom. The molecule has 0 aliphatic rings. The van der Waals surface area contributed by atoms with E-state index in [4.69, 9.17) is 16.3 Å². The van der Waals surface area contributed by atoms with Crippen LogP contribution in [0, 0.1) is 6.92 Å². The van der Waals surface area contributed by atoms with Crippen molar-refractivity contribution in [1.29, 1.82) is 0 Å². The van der Waals surface area contributed by atoms with E-state index in [1.165, 1.54) is 0 Å². The SMILES string of the molecule is Cc1nn(Cc2ccccc2)c(Cl)c1C(=O)Nc1ccc(OCCCN(C)C)cc1. The van der Waals surface area contributed by atoms with Crippen LogP contribution in [0.4, 0.5) is 5.69 Å². The first-order chi connectivity index (χ1) is 14.4. The number of ether oxygens (including phenoxy) is 1. The van der Waals surface area contributed by atoms with Gasteiger partial charge in [0, 0.05) is 12.2 Å². The van der Waals surface area contributed by atoms with Crippen LogP contribution in [0.2, 0.25) is 5.15 Å². The maximum atomic E-state index is 12.8. The third-order valence-electron chi connectivity index (χ3n) is 4.60. The number of hydrogen-bond donors (Lipinski definition) is 1. The average Bonchev–Trinajstić information content (AvgIpc) is 3.00. The second-order valence-corrected chi connectivity index (χ2v) is 7.74. The number of nitrogens with one attached hydrogen (secondary N) is 1. The average molecular weight is 427 g/mol. The Labute approximate surface area is 182 Å². The Morgan fingerprint density at radius 3 is 2.50 bits per heavy atom. The smallest absolute Gasteiger partial charge is 0.260 e. The molecule has 1 amide bonds. The first kappa shape index (κ1) is 21.9. The van der Waals surface area contributed by atoms with Gasteiger partial charge in [-0.3, -0.25) is 4.79 Å². The molecule has 0 aliphatic carbocycles. The number of aromatic nitrogens is 2. The number of nitrogens with zero attached hydrogens (tertiary/aromatic N) is 3. The van der Waals surface area contributed by atoms with E-state index in [0.717, 1.165) is 24.3 Å². The number of carbonyl (C=O) groups is 1. The monoisotopic (exact) mass is 426 g/mol. The summed E-state index contributed by atoms with van der Waals surface area (Å²) in [6.45, 7) is 3.92. The van der Waals surface area contributed by atoms with Gasteiger partial charge in [-0.2, -0.15) is 5.10 Å². The number of carbonyl (C=O) groups excluding carboxylic acids is 1. The maximum absolute atomic E-state index is 12.8. The molecule has 0 spiro atoms. The van der Waals surface area contributed by atoms with E-state index in [1.54, 1.807) is 11.6 Å². The molecule has 0 aliphatic heterocycles. The van der Waals surface area contributed by atoms with Gasteiger partial charge in [0.15, 0.2) is 0 Å². The Balaban J connectivity index is 1.62. The van der Waals surface area contributed by atoms with Crippen LogP contribution in [0.5, 0.6) is 5.75 Å². The Morgan fingerprint density at radius 2 is 1.83 bits per heavy atom. The first-order valence-corrected chi connectivity index (χ1v) is 10.3. The summed E-state index contributed by atoms with van der Waals surface area (Å²) in [4.78, 5) is 14.9. The molecular weight excluding hydrogens is 400 g/mol. The van der Waals surface area contributed by atoms with Crippen molar-refractivity contribution in [2.24, 2.45) is 0 Å². The second kappa shape index (κ2) is 10.3. The van der Waals surface area contributed by atoms with Crippen molar-refractivity contribution >= 4 is 23.2 Å². The quantitative estimate of drug-likeness (QED) is 0.512. The van der Waals surface area contributed by atoms with Crippen molar-refractivity contribution in [1.82, 2.24) is 14.7 Å². The van der Waals surface area contributed by atoms with Crippen LogP contribution in [0.15, 0.2) is 54.6 Å². The van der Waals surface area contributed by atoms with Crippen molar-refractivity contribution in [3.8, 4) is 5.75 Å². The van der Waals surface area contributed by atoms with Gasteiger partial charge in [-0.25, -0.2) is 4.68 Å². The lowest BCUT2D eigenvalue weighted by Gasteiger charge is -2.11. The molecule has 3 aromatic rings. The van der Waals surface area contributed by atoms with E-state index >= 15 is 0 Å². The summed E-state index contributed by atoms with van der Waals surface area (Å²) in [5.74, 6) is 0.494. The van der Waals surface area contributed by atoms with E-state index in [9.17, 15) is 4.79 Å². The number of halogens is 1. The zero-order valence-corrected chi connectivity index (χ0v) is 18.3. The molecule has 1 N–H and O–H groups in total. The second-order valence-electron chi connectivity index (χ2n) is 7.38. The zero-order chi connectivity index (χ0) is 21.5. The molecule has 1 heterocycles. The fraction of sp³-hybridized carbons (Fsp3) is 0.304. The summed E-state index contributed by atoms with van der Waals surface area (Å²) in [6.07, 6.45) is 0.955. The minimum atomic E-state index is -0.281. The molecule has 30 heavy (non-hydrogen) atoms. The number of anilines is 1. The first-order valence-electron chi connectivity index (χ1n) is 9.90. The van der Waals surface area contributed by atoms with Gasteiger partial charge >= 0.3 is 0 Å². The summed E-state index contributed by atoms with van der Waals surface area (Å²) >= 11 is 6.48. The van der Waals surface area contributed by atoms with Crippen LogP contribution in [0.1, 0.15) is 28.0 Å². The predicted octanol–water partition coefficient (Wildman–Crippen LogP) is 4.48. The zero-order valence-electron chi connectivity index (χ0n) is 17.6. The molecule has 0 atom stereocenters. The Kier molecular flexibility index (Phi) is 7.49. The molecule has 0 fully saturated rings. The normalized spacial score (nSPS) is 11.0. The van der Waals surface area contributed by atoms with E-state index in [0.29, 0.717) is 35.2 Å². The summed E-state index contributed by atoms with van der Waals surface area (Å²) in [6, 6.07) is 17.2. The third kappa shape index (κ3) is 5.84. The highest BCUT2D eigenvalue weighted by atomic mass is 35.5. The van der Waals surface area contributed by atoms with Gasteiger partial charge in [0.25, 0.3) is 5.91 Å². The third-order valence-corrected chi connectivity index (χ3v) is 4.98. The lowest BCUT2D eigenvalue weighted by Crippen LogP contribution is -2.15. The molecule has 0 saturated heterocycles. The molecule has 7 heteroatoms. The van der Waals surface area contributed by atoms with Gasteiger partial charge in [-0.05, 0) is 57.3 Å². The van der Waals surface area contributed by atoms with Crippen LogP contribution >= 0.6 is 11.6 Å². The number of rotatable bonds is 9. The molecule has 3 rings (SSSR count). The Hall–Kier alpha value is -2.83. The molecule has 0 radical (unpaired) electrons. The highest BCUT2D eigenvalue weighted by Gasteiger charge is 2.20. The van der Waals surface area contributed by atoms with Crippen LogP contribution in [-0.2, 0) is 6.54 Å². The van der Waals surface area contributed by atoms with Gasteiger partial charge in [-0.1, -0.05) is 41.9 Å². The summed E-state index contributed by atoms with van der Waals surface area (Å²) < 4.78 is 7.37. The summed E-state index contributed by atoms with van der Waals surface area (Å²) in [5, 5.41) is 7.65. The largest absolute Gasteiger partial charge is 0.494 e. The molecular formula is C23H27ClN4O2. The van der Waals surface area contributed by atoms with E-state index in [2.05, 4.69) is 15.3 Å². The van der Waals surface area contributed by atoms with Gasteiger partial charge < -0.3 is 15.0 Å². The molecule has 0 bridgehead atoms. The molecule has 1 aromatic heterocycles. The highest BCUT2D eigenvalue weighted by Crippen LogP contribution is 2.23. The maximum Gasteiger partial charge on any atom is 0.260 e. The highest BCUT2D eigenvalue weighted by molar-refractivity contribution is 6.33. The molecule has 2 aromatic carbocycles. The lowest BCUT2D eigenvalue weighted by molar-refractivity contribution is 0.102. The van der Waals surface area contributed by atoms with Crippen molar-refractivity contribution in [2.45, 2.75) is 19.9 Å².